The number of rotatable bonds is 0. The lowest BCUT2D eigenvalue weighted by atomic mass is 9.79. The molecule has 31 heavy (non-hydrogen) atoms. The van der Waals surface area contributed by atoms with Crippen molar-refractivity contribution in [3.63, 3.8) is 0 Å². The number of fused-ring (bicyclic) bond motifs is 8. The van der Waals surface area contributed by atoms with Crippen molar-refractivity contribution in [2.45, 2.75) is 47.0 Å². The molecule has 0 nitrogen and oxygen atoms in total. The molecule has 0 heterocycles. The van der Waals surface area contributed by atoms with E-state index in [2.05, 4.69) is 98.8 Å². The van der Waals surface area contributed by atoms with Gasteiger partial charge in [0.1, 0.15) is 0 Å². The van der Waals surface area contributed by atoms with E-state index in [-0.39, 0.29) is 5.41 Å². The Balaban J connectivity index is 0.000000549. The highest BCUT2D eigenvalue weighted by Crippen LogP contribution is 2.53. The summed E-state index contributed by atoms with van der Waals surface area (Å²) in [5.41, 5.74) is 5.73. The molecular formula is C31H32. The average molecular weight is 405 g/mol. The summed E-state index contributed by atoms with van der Waals surface area (Å²) in [5.74, 6) is 0. The first kappa shape index (κ1) is 21.1. The predicted molar refractivity (Wildman–Crippen MR) is 139 cm³/mol. The lowest BCUT2D eigenvalue weighted by Gasteiger charge is -2.23. The molecule has 0 unspecified atom stereocenters. The predicted octanol–water partition coefficient (Wildman–Crippen LogP) is 9.50. The Morgan fingerprint density at radius 1 is 0.516 bits per heavy atom. The molecule has 5 aromatic rings. The second-order valence-corrected chi connectivity index (χ2v) is 8.24. The molecule has 6 rings (SSSR count). The summed E-state index contributed by atoms with van der Waals surface area (Å²) in [6, 6.07) is 31.4. The molecule has 1 aliphatic carbocycles. The molecule has 0 amide bonds. The first-order chi connectivity index (χ1) is 15.1. The van der Waals surface area contributed by atoms with Crippen LogP contribution in [0.3, 0.4) is 0 Å². The molecule has 5 aromatic carbocycles. The summed E-state index contributed by atoms with van der Waals surface area (Å²) in [4.78, 5) is 0. The van der Waals surface area contributed by atoms with Gasteiger partial charge in [0.05, 0.1) is 0 Å². The number of benzene rings is 5. The van der Waals surface area contributed by atoms with E-state index in [1.165, 1.54) is 54.6 Å². The van der Waals surface area contributed by atoms with E-state index in [1.54, 1.807) is 0 Å². The molecule has 0 spiro atoms. The van der Waals surface area contributed by atoms with Crippen LogP contribution in [0.4, 0.5) is 0 Å². The van der Waals surface area contributed by atoms with E-state index in [9.17, 15) is 0 Å². The minimum atomic E-state index is -0.00331. The largest absolute Gasteiger partial charge is 0.0683 e. The molecule has 0 aliphatic heterocycles. The zero-order valence-corrected chi connectivity index (χ0v) is 19.6. The normalized spacial score (nSPS) is 13.1. The standard InChI is InChI=1S/C27H20.2C2H6/c1-27(2)24-14-12-17-7-5-6-10-21(17)25(24)22-13-11-20-15-18-8-3-4-9-19(18)16-23(20)26(22)27;2*1-2/h3-16H,1-2H3;2*1-2H3. The maximum absolute atomic E-state index is 2.39. The third-order valence-corrected chi connectivity index (χ3v) is 6.38. The second-order valence-electron chi connectivity index (χ2n) is 8.24. The fourth-order valence-electron chi connectivity index (χ4n) is 5.11. The lowest BCUT2D eigenvalue weighted by Crippen LogP contribution is -2.15. The van der Waals surface area contributed by atoms with Crippen LogP contribution in [-0.4, -0.2) is 0 Å². The summed E-state index contributed by atoms with van der Waals surface area (Å²) >= 11 is 0. The zero-order chi connectivity index (χ0) is 22.2. The molecule has 0 saturated heterocycles. The molecule has 0 N–H and O–H groups in total. The van der Waals surface area contributed by atoms with Gasteiger partial charge >= 0.3 is 0 Å². The van der Waals surface area contributed by atoms with E-state index in [0.29, 0.717) is 0 Å². The number of hydrogen-bond acceptors (Lipinski definition) is 0. The molecule has 1 aliphatic rings. The van der Waals surface area contributed by atoms with Gasteiger partial charge in [0.25, 0.3) is 0 Å². The summed E-state index contributed by atoms with van der Waals surface area (Å²) in [6.45, 7) is 12.8. The molecule has 0 fully saturated rings. The monoisotopic (exact) mass is 404 g/mol. The highest BCUT2D eigenvalue weighted by Gasteiger charge is 2.37. The van der Waals surface area contributed by atoms with E-state index in [0.717, 1.165) is 0 Å². The molecule has 0 heteroatoms. The molecule has 0 aromatic heterocycles. The zero-order valence-electron chi connectivity index (χ0n) is 19.6. The van der Waals surface area contributed by atoms with Crippen LogP contribution in [0.15, 0.2) is 84.9 Å². The average Bonchev–Trinajstić information content (AvgIpc) is 3.07. The van der Waals surface area contributed by atoms with Crippen LogP contribution in [0.5, 0.6) is 0 Å². The molecule has 156 valence electrons. The Morgan fingerprint density at radius 2 is 1.10 bits per heavy atom. The minimum Gasteiger partial charge on any atom is -0.0683 e. The Hall–Kier alpha value is -3.12. The SMILES string of the molecule is CC.CC.CC1(C)c2ccc3ccccc3c2-c2ccc3cc4ccccc4cc3c21. The van der Waals surface area contributed by atoms with Gasteiger partial charge < -0.3 is 0 Å². The van der Waals surface area contributed by atoms with Gasteiger partial charge in [-0.1, -0.05) is 114 Å². The van der Waals surface area contributed by atoms with Crippen LogP contribution >= 0.6 is 0 Å². The van der Waals surface area contributed by atoms with Crippen LogP contribution in [0.25, 0.3) is 43.4 Å². The van der Waals surface area contributed by atoms with Gasteiger partial charge in [0.2, 0.25) is 0 Å². The lowest BCUT2D eigenvalue weighted by molar-refractivity contribution is 0.667. The molecule has 0 atom stereocenters. The highest BCUT2D eigenvalue weighted by atomic mass is 14.4. The molecular weight excluding hydrogens is 372 g/mol. The van der Waals surface area contributed by atoms with Crippen LogP contribution < -0.4 is 0 Å². The van der Waals surface area contributed by atoms with Crippen molar-refractivity contribution in [3.05, 3.63) is 96.1 Å². The van der Waals surface area contributed by atoms with E-state index in [4.69, 9.17) is 0 Å². The highest BCUT2D eigenvalue weighted by molar-refractivity contribution is 6.09. The fourth-order valence-corrected chi connectivity index (χ4v) is 5.11. The first-order valence-electron chi connectivity index (χ1n) is 11.6. The summed E-state index contributed by atoms with van der Waals surface area (Å²) < 4.78 is 0. The van der Waals surface area contributed by atoms with Crippen LogP contribution in [0.1, 0.15) is 52.7 Å². The van der Waals surface area contributed by atoms with Gasteiger partial charge in [-0.05, 0) is 66.7 Å². The van der Waals surface area contributed by atoms with E-state index in [1.807, 2.05) is 27.7 Å². The maximum Gasteiger partial charge on any atom is 0.0165 e. The van der Waals surface area contributed by atoms with Crippen molar-refractivity contribution >= 4 is 32.3 Å². The van der Waals surface area contributed by atoms with Crippen LogP contribution in [0.2, 0.25) is 0 Å². The van der Waals surface area contributed by atoms with Gasteiger partial charge in [0, 0.05) is 5.41 Å². The van der Waals surface area contributed by atoms with Crippen molar-refractivity contribution in [2.24, 2.45) is 0 Å². The van der Waals surface area contributed by atoms with Gasteiger partial charge in [-0.3, -0.25) is 0 Å². The van der Waals surface area contributed by atoms with Gasteiger partial charge in [-0.2, -0.15) is 0 Å². The van der Waals surface area contributed by atoms with Crippen molar-refractivity contribution in [2.75, 3.05) is 0 Å². The van der Waals surface area contributed by atoms with Crippen molar-refractivity contribution in [3.8, 4) is 11.1 Å². The van der Waals surface area contributed by atoms with Gasteiger partial charge in [0.15, 0.2) is 0 Å². The van der Waals surface area contributed by atoms with Crippen LogP contribution in [0, 0.1) is 0 Å². The maximum atomic E-state index is 2.39. The fraction of sp³-hybridized carbons (Fsp3) is 0.226. The summed E-state index contributed by atoms with van der Waals surface area (Å²) in [5, 5.41) is 8.02. The summed E-state index contributed by atoms with van der Waals surface area (Å²) in [7, 11) is 0. The van der Waals surface area contributed by atoms with Crippen molar-refractivity contribution in [1.82, 2.24) is 0 Å². The minimum absolute atomic E-state index is 0.00331. The quantitative estimate of drug-likeness (QED) is 0.225. The third-order valence-electron chi connectivity index (χ3n) is 6.38. The Morgan fingerprint density at radius 3 is 1.81 bits per heavy atom. The van der Waals surface area contributed by atoms with Gasteiger partial charge in [-0.25, -0.2) is 0 Å². The molecule has 0 saturated carbocycles. The van der Waals surface area contributed by atoms with Crippen LogP contribution in [-0.2, 0) is 5.41 Å². The van der Waals surface area contributed by atoms with E-state index >= 15 is 0 Å². The smallest absolute Gasteiger partial charge is 0.0165 e. The van der Waals surface area contributed by atoms with Crippen molar-refractivity contribution < 1.29 is 0 Å². The topological polar surface area (TPSA) is 0 Å². The van der Waals surface area contributed by atoms with E-state index < -0.39 is 0 Å². The van der Waals surface area contributed by atoms with Gasteiger partial charge in [-0.15, -0.1) is 0 Å². The summed E-state index contributed by atoms with van der Waals surface area (Å²) in [6.07, 6.45) is 0. The Kier molecular flexibility index (Phi) is 5.58. The van der Waals surface area contributed by atoms with Crippen molar-refractivity contribution in [1.29, 1.82) is 0 Å². The first-order valence-corrected chi connectivity index (χ1v) is 11.6. The second kappa shape index (κ2) is 8.19. The third kappa shape index (κ3) is 3.13. The molecule has 0 bridgehead atoms. The Labute approximate surface area is 186 Å². The Bertz CT molecular complexity index is 1390. The number of hydrogen-bond donors (Lipinski definition) is 0. The molecule has 0 radical (unpaired) electrons.